The lowest BCUT2D eigenvalue weighted by Gasteiger charge is -2.14. The number of aromatic nitrogens is 2. The Kier molecular flexibility index (Phi) is 5.54. The van der Waals surface area contributed by atoms with Gasteiger partial charge in [-0.3, -0.25) is 9.59 Å². The molecule has 1 amide bonds. The van der Waals surface area contributed by atoms with Crippen molar-refractivity contribution in [2.45, 2.75) is 26.8 Å². The molecule has 0 unspecified atom stereocenters. The lowest BCUT2D eigenvalue weighted by Crippen LogP contribution is -2.26. The number of hydrogen-bond donors (Lipinski definition) is 1. The monoisotopic (exact) mass is 413 g/mol. The van der Waals surface area contributed by atoms with Gasteiger partial charge >= 0.3 is 0 Å². The number of Topliss-reactive ketones (excluding diaryl/α,β-unsaturated/α-hetero) is 1. The normalized spacial score (nSPS) is 11.8. The zero-order valence-corrected chi connectivity index (χ0v) is 17.6. The quantitative estimate of drug-likeness (QED) is 0.444. The van der Waals surface area contributed by atoms with Crippen molar-refractivity contribution in [2.24, 2.45) is 0 Å². The first-order valence-electron chi connectivity index (χ1n) is 10.0. The number of furan rings is 1. The fourth-order valence-electron chi connectivity index (χ4n) is 3.41. The van der Waals surface area contributed by atoms with Gasteiger partial charge in [0.15, 0.2) is 11.5 Å². The number of aryl methyl sites for hydroxylation is 1. The summed E-state index contributed by atoms with van der Waals surface area (Å²) in [5.41, 5.74) is 3.45. The van der Waals surface area contributed by atoms with Crippen LogP contribution >= 0.6 is 0 Å². The summed E-state index contributed by atoms with van der Waals surface area (Å²) < 4.78 is 7.74. The van der Waals surface area contributed by atoms with E-state index in [2.05, 4.69) is 10.3 Å². The minimum absolute atomic E-state index is 0.00763. The van der Waals surface area contributed by atoms with Crippen LogP contribution in [0.15, 0.2) is 77.5 Å². The Morgan fingerprint density at radius 1 is 1.00 bits per heavy atom. The van der Waals surface area contributed by atoms with Gasteiger partial charge < -0.3 is 14.3 Å². The van der Waals surface area contributed by atoms with Crippen molar-refractivity contribution in [3.63, 3.8) is 0 Å². The van der Waals surface area contributed by atoms with Crippen molar-refractivity contribution < 1.29 is 14.0 Å². The van der Waals surface area contributed by atoms with E-state index in [1.807, 2.05) is 61.0 Å². The third-order valence-electron chi connectivity index (χ3n) is 5.25. The highest BCUT2D eigenvalue weighted by Crippen LogP contribution is 2.24. The molecule has 6 nitrogen and oxygen atoms in total. The SMILES string of the molecule is CC(=O)c1ccc(-c2ccc(C(=O)N[C@@H](C)c3ccc(-n4ccnc4C)cc3)o2)cc1. The molecule has 2 aromatic heterocycles. The van der Waals surface area contributed by atoms with Gasteiger partial charge in [-0.15, -0.1) is 0 Å². The van der Waals surface area contributed by atoms with Crippen molar-refractivity contribution in [1.82, 2.24) is 14.9 Å². The number of hydrogen-bond acceptors (Lipinski definition) is 4. The van der Waals surface area contributed by atoms with Gasteiger partial charge in [-0.2, -0.15) is 0 Å². The number of carbonyl (C=O) groups is 2. The summed E-state index contributed by atoms with van der Waals surface area (Å²) in [6.07, 6.45) is 3.68. The summed E-state index contributed by atoms with van der Waals surface area (Å²) in [7, 11) is 0. The molecule has 0 aliphatic heterocycles. The number of rotatable bonds is 6. The maximum absolute atomic E-state index is 12.7. The molecule has 0 spiro atoms. The summed E-state index contributed by atoms with van der Waals surface area (Å²) in [6, 6.07) is 18.3. The van der Waals surface area contributed by atoms with Crippen LogP contribution in [0.25, 0.3) is 17.0 Å². The van der Waals surface area contributed by atoms with Crippen molar-refractivity contribution in [2.75, 3.05) is 0 Å². The number of benzene rings is 2. The highest BCUT2D eigenvalue weighted by Gasteiger charge is 2.16. The van der Waals surface area contributed by atoms with Crippen molar-refractivity contribution in [3.8, 4) is 17.0 Å². The summed E-state index contributed by atoms with van der Waals surface area (Å²) in [5.74, 6) is 1.46. The topological polar surface area (TPSA) is 77.1 Å². The summed E-state index contributed by atoms with van der Waals surface area (Å²) in [6.45, 7) is 5.41. The number of amides is 1. The van der Waals surface area contributed by atoms with Gasteiger partial charge in [-0.05, 0) is 50.6 Å². The highest BCUT2D eigenvalue weighted by molar-refractivity contribution is 5.94. The van der Waals surface area contributed by atoms with E-state index < -0.39 is 0 Å². The van der Waals surface area contributed by atoms with Gasteiger partial charge in [0.25, 0.3) is 5.91 Å². The number of carbonyl (C=O) groups excluding carboxylic acids is 2. The Hall–Kier alpha value is -3.93. The third-order valence-corrected chi connectivity index (χ3v) is 5.25. The molecule has 0 aliphatic rings. The van der Waals surface area contributed by atoms with Crippen LogP contribution < -0.4 is 5.32 Å². The van der Waals surface area contributed by atoms with E-state index in [1.54, 1.807) is 30.5 Å². The first-order valence-corrected chi connectivity index (χ1v) is 10.0. The zero-order chi connectivity index (χ0) is 22.0. The number of imidazole rings is 1. The molecule has 0 aliphatic carbocycles. The predicted molar refractivity (Wildman–Crippen MR) is 118 cm³/mol. The molecule has 0 fully saturated rings. The van der Waals surface area contributed by atoms with Gasteiger partial charge in [-0.1, -0.05) is 36.4 Å². The summed E-state index contributed by atoms with van der Waals surface area (Å²) in [5, 5.41) is 2.97. The van der Waals surface area contributed by atoms with Crippen LogP contribution in [0.3, 0.4) is 0 Å². The molecule has 0 saturated heterocycles. The van der Waals surface area contributed by atoms with Crippen LogP contribution in [0, 0.1) is 6.92 Å². The average Bonchev–Trinajstić information content (AvgIpc) is 3.43. The maximum Gasteiger partial charge on any atom is 0.287 e. The van der Waals surface area contributed by atoms with Crippen LogP contribution in [0.2, 0.25) is 0 Å². The molecule has 6 heteroatoms. The Bertz CT molecular complexity index is 1220. The van der Waals surface area contributed by atoms with Gasteiger partial charge in [-0.25, -0.2) is 4.98 Å². The fourth-order valence-corrected chi connectivity index (χ4v) is 3.41. The molecule has 1 N–H and O–H groups in total. The summed E-state index contributed by atoms with van der Waals surface area (Å²) in [4.78, 5) is 28.3. The molecule has 4 aromatic rings. The van der Waals surface area contributed by atoms with Crippen LogP contribution in [-0.4, -0.2) is 21.2 Å². The Balaban J connectivity index is 1.43. The van der Waals surface area contributed by atoms with E-state index >= 15 is 0 Å². The molecule has 31 heavy (non-hydrogen) atoms. The second-order valence-corrected chi connectivity index (χ2v) is 7.43. The zero-order valence-electron chi connectivity index (χ0n) is 17.6. The van der Waals surface area contributed by atoms with E-state index in [9.17, 15) is 9.59 Å². The van der Waals surface area contributed by atoms with E-state index in [4.69, 9.17) is 4.42 Å². The van der Waals surface area contributed by atoms with E-state index in [0.717, 1.165) is 22.6 Å². The second kappa shape index (κ2) is 8.44. The first kappa shape index (κ1) is 20.3. The van der Waals surface area contributed by atoms with Crippen LogP contribution in [-0.2, 0) is 0 Å². The van der Waals surface area contributed by atoms with Gasteiger partial charge in [0.05, 0.1) is 6.04 Å². The predicted octanol–water partition coefficient (Wildman–Crippen LogP) is 5.13. The van der Waals surface area contributed by atoms with Crippen LogP contribution in [0.1, 0.15) is 52.2 Å². The molecule has 2 aromatic carbocycles. The summed E-state index contributed by atoms with van der Waals surface area (Å²) >= 11 is 0. The Morgan fingerprint density at radius 2 is 1.71 bits per heavy atom. The van der Waals surface area contributed by atoms with Crippen molar-refractivity contribution in [1.29, 1.82) is 0 Å². The standard InChI is InChI=1S/C25H23N3O3/c1-16(19-8-10-22(11-9-19)28-15-14-26-18(28)3)27-25(30)24-13-12-23(31-24)21-6-4-20(5-7-21)17(2)29/h4-16H,1-3H3,(H,27,30)/t16-/m0/s1. The Labute approximate surface area is 180 Å². The Morgan fingerprint density at radius 3 is 2.32 bits per heavy atom. The number of ketones is 1. The van der Waals surface area contributed by atoms with Crippen LogP contribution in [0.5, 0.6) is 0 Å². The van der Waals surface area contributed by atoms with Crippen molar-refractivity contribution in [3.05, 3.63) is 95.8 Å². The fraction of sp³-hybridized carbons (Fsp3) is 0.160. The molecule has 156 valence electrons. The van der Waals surface area contributed by atoms with Gasteiger partial charge in [0.2, 0.25) is 0 Å². The molecular formula is C25H23N3O3. The molecule has 1 atom stereocenters. The molecule has 2 heterocycles. The molecular weight excluding hydrogens is 390 g/mol. The first-order chi connectivity index (χ1) is 14.9. The number of nitrogens with one attached hydrogen (secondary N) is 1. The van der Waals surface area contributed by atoms with Crippen molar-refractivity contribution >= 4 is 11.7 Å². The smallest absolute Gasteiger partial charge is 0.287 e. The van der Waals surface area contributed by atoms with Gasteiger partial charge in [0.1, 0.15) is 11.6 Å². The van der Waals surface area contributed by atoms with E-state index in [0.29, 0.717) is 11.3 Å². The van der Waals surface area contributed by atoms with E-state index in [-0.39, 0.29) is 23.5 Å². The largest absolute Gasteiger partial charge is 0.451 e. The number of nitrogens with zero attached hydrogens (tertiary/aromatic N) is 2. The van der Waals surface area contributed by atoms with Gasteiger partial charge in [0, 0.05) is 29.2 Å². The second-order valence-electron chi connectivity index (χ2n) is 7.43. The van der Waals surface area contributed by atoms with E-state index in [1.165, 1.54) is 6.92 Å². The maximum atomic E-state index is 12.7. The average molecular weight is 413 g/mol. The molecule has 0 bridgehead atoms. The lowest BCUT2D eigenvalue weighted by molar-refractivity contribution is 0.0912. The third kappa shape index (κ3) is 4.33. The lowest BCUT2D eigenvalue weighted by atomic mass is 10.1. The highest BCUT2D eigenvalue weighted by atomic mass is 16.3. The molecule has 0 radical (unpaired) electrons. The molecule has 0 saturated carbocycles. The minimum Gasteiger partial charge on any atom is -0.451 e. The van der Waals surface area contributed by atoms with Crippen LogP contribution in [0.4, 0.5) is 0 Å². The molecule has 4 rings (SSSR count). The minimum atomic E-state index is -0.284.